The van der Waals surface area contributed by atoms with Crippen LogP contribution in [-0.2, 0) is 0 Å². The van der Waals surface area contributed by atoms with Crippen LogP contribution in [0, 0.1) is 6.92 Å². The fourth-order valence-electron chi connectivity index (χ4n) is 0.830. The molecule has 1 nitrogen and oxygen atoms in total. The molecule has 0 aliphatic heterocycles. The van der Waals surface area contributed by atoms with E-state index in [0.29, 0.717) is 0 Å². The van der Waals surface area contributed by atoms with E-state index in [4.69, 9.17) is 4.74 Å². The molecule has 0 spiro atoms. The van der Waals surface area contributed by atoms with Gasteiger partial charge in [0.25, 0.3) is 0 Å². The van der Waals surface area contributed by atoms with Gasteiger partial charge in [0.15, 0.2) is 0 Å². The van der Waals surface area contributed by atoms with E-state index in [1.807, 2.05) is 44.2 Å². The van der Waals surface area contributed by atoms with Crippen LogP contribution in [0.4, 0.5) is 0 Å². The molecule has 0 N–H and O–H groups in total. The van der Waals surface area contributed by atoms with Gasteiger partial charge in [-0.05, 0) is 25.5 Å². The van der Waals surface area contributed by atoms with Crippen LogP contribution in [0.15, 0.2) is 36.6 Å². The second-order valence-electron chi connectivity index (χ2n) is 2.35. The third kappa shape index (κ3) is 2.11. The van der Waals surface area contributed by atoms with Gasteiger partial charge in [-0.3, -0.25) is 0 Å². The number of hydrogen-bond acceptors (Lipinski definition) is 1. The van der Waals surface area contributed by atoms with E-state index in [1.54, 1.807) is 6.26 Å². The number of para-hydroxylation sites is 1. The van der Waals surface area contributed by atoms with Crippen LogP contribution in [0.5, 0.6) is 5.75 Å². The Hall–Kier alpha value is -1.24. The number of benzene rings is 1. The predicted molar refractivity (Wildman–Crippen MR) is 46.6 cm³/mol. The summed E-state index contributed by atoms with van der Waals surface area (Å²) in [6.07, 6.45) is 3.55. The first-order chi connectivity index (χ1) is 5.34. The lowest BCUT2D eigenvalue weighted by atomic mass is 10.2. The Balaban J connectivity index is 2.77. The van der Waals surface area contributed by atoms with Crippen molar-refractivity contribution in [3.05, 3.63) is 42.2 Å². The molecule has 0 bridgehead atoms. The fraction of sp³-hybridized carbons (Fsp3) is 0.200. The van der Waals surface area contributed by atoms with Crippen molar-refractivity contribution in [1.82, 2.24) is 0 Å². The van der Waals surface area contributed by atoms with Crippen LogP contribution in [0.25, 0.3) is 0 Å². The number of ether oxygens (including phenoxy) is 1. The maximum Gasteiger partial charge on any atom is 0.129 e. The largest absolute Gasteiger partial charge is 0.465 e. The van der Waals surface area contributed by atoms with Crippen LogP contribution < -0.4 is 4.74 Å². The van der Waals surface area contributed by atoms with Crippen molar-refractivity contribution in [1.29, 1.82) is 0 Å². The zero-order chi connectivity index (χ0) is 8.10. The van der Waals surface area contributed by atoms with E-state index in [1.165, 1.54) is 0 Å². The Morgan fingerprint density at radius 1 is 1.27 bits per heavy atom. The number of aryl methyl sites for hydroxylation is 1. The maximum absolute atomic E-state index is 5.31. The van der Waals surface area contributed by atoms with Crippen molar-refractivity contribution in [2.24, 2.45) is 0 Å². The molecule has 0 aliphatic carbocycles. The van der Waals surface area contributed by atoms with Crippen molar-refractivity contribution < 1.29 is 4.74 Å². The standard InChI is InChI=1S/C10H12O/c1-3-8-11-10-7-5-4-6-9(10)2/h3-8H,1-2H3/b8-3-. The van der Waals surface area contributed by atoms with E-state index >= 15 is 0 Å². The highest BCUT2D eigenvalue weighted by Crippen LogP contribution is 2.15. The second-order valence-corrected chi connectivity index (χ2v) is 2.35. The fourth-order valence-corrected chi connectivity index (χ4v) is 0.830. The van der Waals surface area contributed by atoms with E-state index < -0.39 is 0 Å². The molecule has 0 atom stereocenters. The van der Waals surface area contributed by atoms with Crippen LogP contribution in [0.2, 0.25) is 0 Å². The van der Waals surface area contributed by atoms with Gasteiger partial charge in [0, 0.05) is 0 Å². The molecule has 0 saturated heterocycles. The molecule has 1 aromatic rings. The van der Waals surface area contributed by atoms with Crippen molar-refractivity contribution in [2.45, 2.75) is 13.8 Å². The van der Waals surface area contributed by atoms with Crippen molar-refractivity contribution in [3.63, 3.8) is 0 Å². The number of allylic oxidation sites excluding steroid dienone is 1. The minimum absolute atomic E-state index is 0.922. The molecule has 0 fully saturated rings. The second kappa shape index (κ2) is 3.81. The molecule has 0 radical (unpaired) electrons. The summed E-state index contributed by atoms with van der Waals surface area (Å²) in [4.78, 5) is 0. The molecule has 1 heteroatoms. The average Bonchev–Trinajstić information content (AvgIpc) is 2.03. The Morgan fingerprint density at radius 2 is 2.00 bits per heavy atom. The molecular weight excluding hydrogens is 136 g/mol. The first kappa shape index (κ1) is 7.86. The highest BCUT2D eigenvalue weighted by atomic mass is 16.5. The zero-order valence-corrected chi connectivity index (χ0v) is 6.87. The number of rotatable bonds is 2. The first-order valence-electron chi connectivity index (χ1n) is 3.68. The Kier molecular flexibility index (Phi) is 2.73. The third-order valence-corrected chi connectivity index (χ3v) is 1.42. The SMILES string of the molecule is C/C=C\Oc1ccccc1C. The summed E-state index contributed by atoms with van der Waals surface area (Å²) in [5, 5.41) is 0. The van der Waals surface area contributed by atoms with E-state index in [9.17, 15) is 0 Å². The molecular formula is C10H12O. The molecule has 0 heterocycles. The Labute approximate surface area is 67.3 Å². The Bertz CT molecular complexity index is 251. The molecule has 11 heavy (non-hydrogen) atoms. The zero-order valence-electron chi connectivity index (χ0n) is 6.87. The first-order valence-corrected chi connectivity index (χ1v) is 3.68. The lowest BCUT2D eigenvalue weighted by Crippen LogP contribution is -1.83. The van der Waals surface area contributed by atoms with Gasteiger partial charge in [0.2, 0.25) is 0 Å². The summed E-state index contributed by atoms with van der Waals surface area (Å²) in [7, 11) is 0. The molecule has 1 aromatic carbocycles. The maximum atomic E-state index is 5.31. The van der Waals surface area contributed by atoms with Gasteiger partial charge >= 0.3 is 0 Å². The third-order valence-electron chi connectivity index (χ3n) is 1.42. The van der Waals surface area contributed by atoms with Crippen LogP contribution >= 0.6 is 0 Å². The van der Waals surface area contributed by atoms with E-state index in [0.717, 1.165) is 11.3 Å². The number of hydrogen-bond donors (Lipinski definition) is 0. The molecule has 0 saturated carbocycles. The summed E-state index contributed by atoms with van der Waals surface area (Å²) < 4.78 is 5.31. The summed E-state index contributed by atoms with van der Waals surface area (Å²) in [6.45, 7) is 3.96. The van der Waals surface area contributed by atoms with Crippen LogP contribution in [0.3, 0.4) is 0 Å². The highest BCUT2D eigenvalue weighted by molar-refractivity contribution is 5.32. The van der Waals surface area contributed by atoms with Crippen molar-refractivity contribution in [3.8, 4) is 5.75 Å². The smallest absolute Gasteiger partial charge is 0.129 e. The summed E-state index contributed by atoms with van der Waals surface area (Å²) in [6, 6.07) is 7.94. The van der Waals surface area contributed by atoms with Gasteiger partial charge < -0.3 is 4.74 Å². The van der Waals surface area contributed by atoms with Gasteiger partial charge in [-0.2, -0.15) is 0 Å². The van der Waals surface area contributed by atoms with Gasteiger partial charge in [-0.25, -0.2) is 0 Å². The molecule has 0 aliphatic rings. The minimum Gasteiger partial charge on any atom is -0.465 e. The van der Waals surface area contributed by atoms with Gasteiger partial charge in [-0.1, -0.05) is 24.3 Å². The summed E-state index contributed by atoms with van der Waals surface area (Å²) >= 11 is 0. The highest BCUT2D eigenvalue weighted by Gasteiger charge is 1.92. The lowest BCUT2D eigenvalue weighted by molar-refractivity contribution is 0.476. The van der Waals surface area contributed by atoms with Gasteiger partial charge in [0.05, 0.1) is 6.26 Å². The average molecular weight is 148 g/mol. The van der Waals surface area contributed by atoms with Crippen LogP contribution in [0.1, 0.15) is 12.5 Å². The molecule has 1 rings (SSSR count). The van der Waals surface area contributed by atoms with E-state index in [2.05, 4.69) is 0 Å². The lowest BCUT2D eigenvalue weighted by Gasteiger charge is -2.01. The van der Waals surface area contributed by atoms with Crippen LogP contribution in [-0.4, -0.2) is 0 Å². The van der Waals surface area contributed by atoms with E-state index in [-0.39, 0.29) is 0 Å². The summed E-state index contributed by atoms with van der Waals surface area (Å²) in [5.41, 5.74) is 1.16. The molecule has 0 aromatic heterocycles. The predicted octanol–water partition coefficient (Wildman–Crippen LogP) is 2.91. The minimum atomic E-state index is 0.922. The quantitative estimate of drug-likeness (QED) is 0.586. The monoisotopic (exact) mass is 148 g/mol. The molecule has 0 unspecified atom stereocenters. The normalized spacial score (nSPS) is 10.4. The van der Waals surface area contributed by atoms with Gasteiger partial charge in [0.1, 0.15) is 5.75 Å². The summed E-state index contributed by atoms with van der Waals surface area (Å²) in [5.74, 6) is 0.922. The van der Waals surface area contributed by atoms with Gasteiger partial charge in [-0.15, -0.1) is 0 Å². The van der Waals surface area contributed by atoms with Crippen molar-refractivity contribution in [2.75, 3.05) is 0 Å². The molecule has 0 amide bonds. The molecule has 58 valence electrons. The Morgan fingerprint density at radius 3 is 2.64 bits per heavy atom. The van der Waals surface area contributed by atoms with Crippen molar-refractivity contribution >= 4 is 0 Å². The topological polar surface area (TPSA) is 9.23 Å².